The van der Waals surface area contributed by atoms with Crippen LogP contribution in [0.25, 0.3) is 44.6 Å². The van der Waals surface area contributed by atoms with Gasteiger partial charge in [0, 0.05) is 110 Å². The van der Waals surface area contributed by atoms with Gasteiger partial charge in [-0.25, -0.2) is 24.7 Å². The van der Waals surface area contributed by atoms with Crippen LogP contribution in [-0.4, -0.2) is 213 Å². The zero-order valence-corrected chi connectivity index (χ0v) is 76.7. The van der Waals surface area contributed by atoms with Crippen molar-refractivity contribution in [2.45, 2.75) is 284 Å². The Labute approximate surface area is 745 Å². The zero-order valence-electron chi connectivity index (χ0n) is 73.6. The van der Waals surface area contributed by atoms with Crippen molar-refractivity contribution in [3.05, 3.63) is 57.2 Å². The molecule has 2 saturated carbocycles. The van der Waals surface area contributed by atoms with Gasteiger partial charge in [-0.15, -0.1) is 22.7 Å². The Bertz CT molecular complexity index is 5030. The van der Waals surface area contributed by atoms with Gasteiger partial charge in [-0.3, -0.25) is 48.0 Å². The number of fused-ring (bicyclic) bond motifs is 6. The van der Waals surface area contributed by atoms with Crippen LogP contribution in [0.4, 0.5) is 15.1 Å². The van der Waals surface area contributed by atoms with Crippen molar-refractivity contribution in [3.8, 4) is 45.8 Å². The summed E-state index contributed by atoms with van der Waals surface area (Å²) in [6.07, 6.45) is 6.76. The summed E-state index contributed by atoms with van der Waals surface area (Å²) in [5, 5.41) is 24.5. The molecule has 678 valence electrons. The van der Waals surface area contributed by atoms with E-state index in [0.29, 0.717) is 128 Å². The van der Waals surface area contributed by atoms with E-state index in [2.05, 4.69) is 15.5 Å². The summed E-state index contributed by atoms with van der Waals surface area (Å²) in [5.74, 6) is -3.13. The number of methoxy groups -OCH3 is 3. The number of rotatable bonds is 29. The van der Waals surface area contributed by atoms with Crippen molar-refractivity contribution in [2.75, 3.05) is 45.1 Å². The van der Waals surface area contributed by atoms with Crippen molar-refractivity contribution < 1.29 is 101 Å². The molecule has 125 heavy (non-hydrogen) atoms. The van der Waals surface area contributed by atoms with Gasteiger partial charge in [0.25, 0.3) is 11.8 Å². The molecule has 0 radical (unpaired) electrons. The van der Waals surface area contributed by atoms with E-state index in [4.69, 9.17) is 91.5 Å². The van der Waals surface area contributed by atoms with Gasteiger partial charge in [-0.1, -0.05) is 96.5 Å². The van der Waals surface area contributed by atoms with E-state index in [1.165, 1.54) is 48.9 Å². The highest BCUT2D eigenvalue weighted by Gasteiger charge is 2.63. The first-order chi connectivity index (χ1) is 59.2. The standard InChI is InChI=1S/C43H55ClN4O9S.C35H46ClN5O6S.C12H15NO6/c1-8-23-18-43(23,40(52)53)19-33(49)32-15-27(20-48(32)39(51)29(42(4,5)6)16-36(50)57-26-13-24-9-10-25(14-26)55-24)56-35-17-30(31-21-58-41(47-31)45-22(2)3)46-38-28(35)11-12-34(54-7)37(38)44;1-9-19-14-35(19,32(44)46-8)15-25(42)24-12-20(16-41(24)31(43)30(37)34(4,5)6)47-27-13-22(23-17-48-33(40-23)38-18(2)3)39-29-21(27)10-11-26(45-7)28(29)36;14-10-3-4-11(15)13(10)19-12(16)18-9-5-7-1-2-8(6-9)17-7/h11-12,17,21-27,29,32H,8-10,13-16,18-20H2,1-7H3,(H,45,47)(H,52,53);10-11,13,17-20,24,30H,9,12,14-16,37H2,1-8H3,(H,38,40);7-9H,1-6H2/t23-,24-,25+,26?,27-,29-,32+,43-;19-,20-,24+,30-,35-;7-,8+,9?/m11./s1. The van der Waals surface area contributed by atoms with Gasteiger partial charge >= 0.3 is 24.1 Å². The average Bonchev–Trinajstić information content (AvgIpc) is 1.58. The number of nitrogens with one attached hydrogen (secondary N) is 2. The summed E-state index contributed by atoms with van der Waals surface area (Å²) in [6.45, 7) is 23.6. The fraction of sp³-hybridized carbons (Fsp3) is 0.622. The monoisotopic (exact) mass is 1810 g/mol. The number of anilines is 2. The lowest BCUT2D eigenvalue weighted by Gasteiger charge is -2.35. The predicted octanol–water partition coefficient (Wildman–Crippen LogP) is 15.0. The summed E-state index contributed by atoms with van der Waals surface area (Å²) in [4.78, 5) is 157. The van der Waals surface area contributed by atoms with Crippen LogP contribution in [0, 0.1) is 39.4 Å². The van der Waals surface area contributed by atoms with Crippen molar-refractivity contribution in [1.82, 2.24) is 34.8 Å². The number of pyridine rings is 2. The number of nitrogens with zero attached hydrogens (tertiary/aromatic N) is 7. The smallest absolute Gasteiger partial charge is 0.495 e. The van der Waals surface area contributed by atoms with Crippen molar-refractivity contribution >= 4 is 137 Å². The lowest BCUT2D eigenvalue weighted by Crippen LogP contribution is -2.53. The van der Waals surface area contributed by atoms with Crippen LogP contribution >= 0.6 is 45.9 Å². The predicted molar refractivity (Wildman–Crippen MR) is 468 cm³/mol. The second kappa shape index (κ2) is 38.4. The first-order valence-corrected chi connectivity index (χ1v) is 45.9. The number of imide groups is 1. The highest BCUT2D eigenvalue weighted by molar-refractivity contribution is 7.14. The van der Waals surface area contributed by atoms with Crippen LogP contribution in [0.15, 0.2) is 47.2 Å². The molecule has 2 aliphatic carbocycles. The van der Waals surface area contributed by atoms with E-state index in [-0.39, 0.29) is 148 Å². The molecule has 7 saturated heterocycles. The SMILES string of the molecule is CC[C@@H]1C[C@]1(CC(=O)[C@@H]1C[C@@H](Oc2cc(-c3csc(NC(C)C)n3)nc3c(Cl)c(OC)ccc23)CN1C(=O)[C@@H](CC(=O)OC1C[C@H]2CC[C@@H](C1)O2)C(C)(C)C)C(=O)O.CC[C@@H]1C[C@]1(CC(=O)[C@@H]1C[C@@H](Oc2cc(-c3csc(NC(C)C)n3)nc3c(Cl)c(OC)ccc23)CN1C(=O)[C@@H](N)C(C)(C)C)C(=O)OC.O=C(OC1C[C@H]2CC[C@@H](C1)O2)ON1C(=O)CCC1=O. The van der Waals surface area contributed by atoms with E-state index in [1.807, 2.05) is 106 Å². The lowest BCUT2D eigenvalue weighted by atomic mass is 9.77. The number of amides is 4. The maximum atomic E-state index is 14.8. The number of nitrogens with two attached hydrogens (primary N) is 1. The van der Waals surface area contributed by atoms with Crippen LogP contribution in [0.1, 0.15) is 205 Å². The minimum Gasteiger partial charge on any atom is -0.495 e. The number of carbonyl (C=O) groups excluding carboxylic acids is 9. The maximum absolute atomic E-state index is 14.8. The van der Waals surface area contributed by atoms with Crippen molar-refractivity contribution in [3.63, 3.8) is 0 Å². The molecule has 9 fully saturated rings. The Morgan fingerprint density at radius 2 is 1.02 bits per heavy atom. The van der Waals surface area contributed by atoms with Crippen LogP contribution in [0.2, 0.25) is 10.0 Å². The molecule has 11 heterocycles. The summed E-state index contributed by atoms with van der Waals surface area (Å²) in [6, 6.07) is 8.47. The third-order valence-corrected chi connectivity index (χ3v) is 27.8. The van der Waals surface area contributed by atoms with Crippen LogP contribution in [-0.2, 0) is 71.7 Å². The van der Waals surface area contributed by atoms with Crippen LogP contribution in [0.5, 0.6) is 23.0 Å². The fourth-order valence-electron chi connectivity index (χ4n) is 18.4. The highest BCUT2D eigenvalue weighted by atomic mass is 35.5. The molecule has 6 aromatic rings. The number of ketones is 2. The van der Waals surface area contributed by atoms with Crippen molar-refractivity contribution in [1.29, 1.82) is 0 Å². The second-order valence-corrected chi connectivity index (χ2v) is 39.7. The number of benzene rings is 2. The average molecular weight is 1810 g/mol. The number of carboxylic acid groups (broad SMARTS) is 1. The summed E-state index contributed by atoms with van der Waals surface area (Å²) >= 11 is 16.5. The minimum atomic E-state index is -1.15. The van der Waals surface area contributed by atoms with Gasteiger partial charge < -0.3 is 73.9 Å². The highest BCUT2D eigenvalue weighted by Crippen LogP contribution is 2.60. The number of halogens is 2. The summed E-state index contributed by atoms with van der Waals surface area (Å²) in [5.41, 5.74) is 6.45. The van der Waals surface area contributed by atoms with E-state index in [0.717, 1.165) is 42.4 Å². The number of aromatic nitrogens is 4. The van der Waals surface area contributed by atoms with Gasteiger partial charge in [-0.2, -0.15) is 0 Å². The number of hydrogen-bond donors (Lipinski definition) is 4. The van der Waals surface area contributed by atoms with E-state index >= 15 is 0 Å². The number of hydrogen-bond acceptors (Lipinski definition) is 29. The number of thiazole rings is 2. The topological polar surface area (TPSA) is 395 Å². The molecule has 4 amide bonds. The number of Topliss-reactive ketones (excluding diaryl/α,β-unsaturated/α-hetero) is 2. The van der Waals surface area contributed by atoms with E-state index < -0.39 is 87.8 Å². The number of esters is 2. The molecule has 4 aromatic heterocycles. The third kappa shape index (κ3) is 21.0. The Morgan fingerprint density at radius 3 is 1.42 bits per heavy atom. The quantitative estimate of drug-likeness (QED) is 0.0192. The van der Waals surface area contributed by atoms with Gasteiger partial charge in [-0.05, 0) is 113 Å². The first-order valence-electron chi connectivity index (χ1n) is 43.3. The third-order valence-electron chi connectivity index (χ3n) is 25.5. The molecular weight excluding hydrogens is 1690 g/mol. The Hall–Kier alpha value is -9.12. The number of aliphatic carboxylic acids is 1. The van der Waals surface area contributed by atoms with Gasteiger partial charge in [0.2, 0.25) is 11.8 Å². The van der Waals surface area contributed by atoms with Gasteiger partial charge in [0.1, 0.15) is 68.8 Å². The van der Waals surface area contributed by atoms with Crippen molar-refractivity contribution in [2.24, 2.45) is 45.1 Å². The maximum Gasteiger partial charge on any atom is 0.534 e. The van der Waals surface area contributed by atoms with Crippen LogP contribution < -0.4 is 35.3 Å². The number of hydroxylamine groups is 2. The van der Waals surface area contributed by atoms with E-state index in [1.54, 1.807) is 29.2 Å². The molecule has 15 rings (SSSR count). The molecule has 7 aliphatic heterocycles. The molecule has 2 aromatic carbocycles. The normalized spacial score (nSPS) is 26.5. The largest absolute Gasteiger partial charge is 0.534 e. The minimum absolute atomic E-state index is 0.00157. The first kappa shape index (κ1) is 93.5. The molecule has 9 aliphatic rings. The Morgan fingerprint density at radius 1 is 0.584 bits per heavy atom. The fourth-order valence-corrected chi connectivity index (χ4v) is 20.7. The number of ether oxygens (including phenoxy) is 9. The molecule has 0 spiro atoms. The lowest BCUT2D eigenvalue weighted by molar-refractivity contribution is -0.180. The molecule has 16 atom stereocenters. The molecule has 4 bridgehead atoms. The number of carbonyl (C=O) groups is 10. The molecular formula is C90H116Cl2N10O21S2. The van der Waals surface area contributed by atoms with Crippen LogP contribution in [0.3, 0.4) is 0 Å². The molecule has 5 N–H and O–H groups in total. The van der Waals surface area contributed by atoms with Gasteiger partial charge in [0.15, 0.2) is 21.8 Å². The Balaban J connectivity index is 0.000000179. The van der Waals surface area contributed by atoms with E-state index in [9.17, 15) is 53.1 Å². The second-order valence-electron chi connectivity index (χ2n) is 37.2. The zero-order chi connectivity index (χ0) is 90.2. The number of likely N-dealkylation sites (tertiary alicyclic amines) is 2. The Kier molecular flexibility index (Phi) is 28.8. The summed E-state index contributed by atoms with van der Waals surface area (Å²) in [7, 11) is 4.41. The number of carboxylic acids is 1. The van der Waals surface area contributed by atoms with Gasteiger partial charge in [0.05, 0.1) is 123 Å². The molecule has 2 unspecified atom stereocenters. The molecule has 35 heteroatoms. The summed E-state index contributed by atoms with van der Waals surface area (Å²) < 4.78 is 52.2. The molecule has 31 nitrogen and oxygen atoms in total.